The Morgan fingerprint density at radius 3 is 0.817 bits per heavy atom. The number of halogens is 24. The Kier molecular flexibility index (Phi) is 14.9. The highest BCUT2D eigenvalue weighted by Crippen LogP contribution is 2.41. The number of rotatable bonds is 7. The van der Waals surface area contributed by atoms with E-state index in [9.17, 15) is 105 Å². The zero-order valence-corrected chi connectivity index (χ0v) is 34.9. The van der Waals surface area contributed by atoms with E-state index in [4.69, 9.17) is 4.84 Å². The van der Waals surface area contributed by atoms with Crippen LogP contribution in [0, 0.1) is 0 Å². The average Bonchev–Trinajstić information content (AvgIpc) is 3.23. The Hall–Kier alpha value is -6.31. The highest BCUT2D eigenvalue weighted by Gasteiger charge is 2.47. The molecule has 6 aromatic rings. The van der Waals surface area contributed by atoms with E-state index in [1.165, 1.54) is 10.8 Å². The molecule has 5 aromatic carbocycles. The molecule has 71 heavy (non-hydrogen) atoms. The minimum Gasteiger partial charge on any atom is -0.271 e. The first-order chi connectivity index (χ1) is 32.2. The van der Waals surface area contributed by atoms with Gasteiger partial charge < -0.3 is 0 Å². The summed E-state index contributed by atoms with van der Waals surface area (Å²) in [5.74, 6) is 0. The van der Waals surface area contributed by atoms with Gasteiger partial charge in [0, 0.05) is 10.8 Å². The molecule has 0 aliphatic carbocycles. The third-order valence-electron chi connectivity index (χ3n) is 10.5. The van der Waals surface area contributed by atoms with E-state index in [0.717, 1.165) is 13.0 Å². The Labute approximate surface area is 382 Å². The molecule has 2 nitrogen and oxygen atoms in total. The van der Waals surface area contributed by atoms with Crippen molar-refractivity contribution in [3.63, 3.8) is 0 Å². The maximum absolute atomic E-state index is 14.2. The van der Waals surface area contributed by atoms with Gasteiger partial charge in [0.15, 0.2) is 6.61 Å². The highest BCUT2D eigenvalue weighted by molar-refractivity contribution is 7.20. The van der Waals surface area contributed by atoms with Crippen molar-refractivity contribution in [2.24, 2.45) is 0 Å². The van der Waals surface area contributed by atoms with Crippen LogP contribution in [0.3, 0.4) is 0 Å². The highest BCUT2D eigenvalue weighted by atomic mass is 19.4. The van der Waals surface area contributed by atoms with Gasteiger partial charge in [-0.25, -0.2) is 0 Å². The lowest BCUT2D eigenvalue weighted by Crippen LogP contribution is -2.75. The van der Waals surface area contributed by atoms with Crippen LogP contribution in [0.15, 0.2) is 116 Å². The lowest BCUT2D eigenvalue weighted by atomic mass is 9.12. The smallest absolute Gasteiger partial charge is 0.271 e. The Morgan fingerprint density at radius 1 is 0.352 bits per heavy atom. The van der Waals surface area contributed by atoms with E-state index in [1.54, 1.807) is 4.73 Å². The van der Waals surface area contributed by atoms with Crippen molar-refractivity contribution in [3.05, 3.63) is 160 Å². The van der Waals surface area contributed by atoms with Gasteiger partial charge >= 0.3 is 49.4 Å². The van der Waals surface area contributed by atoms with Crippen molar-refractivity contribution in [1.82, 2.24) is 0 Å². The van der Waals surface area contributed by atoms with E-state index in [1.807, 2.05) is 24.5 Å². The lowest BCUT2D eigenvalue weighted by Gasteiger charge is -2.46. The summed E-state index contributed by atoms with van der Waals surface area (Å²) in [6, 6.07) is 1.51. The normalized spacial score (nSPS) is 13.5. The van der Waals surface area contributed by atoms with Crippen molar-refractivity contribution in [2.75, 3.05) is 6.61 Å². The molecule has 0 radical (unpaired) electrons. The summed E-state index contributed by atoms with van der Waals surface area (Å²) in [6.45, 7) is 2.85. The van der Waals surface area contributed by atoms with Crippen LogP contribution in [0.1, 0.15) is 57.9 Å². The molecule has 384 valence electrons. The number of nitrogens with zero attached hydrogens (tertiary/aromatic N) is 1. The Balaban J connectivity index is 0.000000569. The van der Waals surface area contributed by atoms with Gasteiger partial charge in [0.05, 0.1) is 49.9 Å². The number of hydrogen-bond acceptors (Lipinski definition) is 1. The van der Waals surface area contributed by atoms with Gasteiger partial charge in [0.1, 0.15) is 6.15 Å². The first kappa shape index (κ1) is 55.6. The fraction of sp³-hybridized carbons (Fsp3) is 0.250. The molecule has 0 saturated heterocycles. The number of benzene rings is 5. The summed E-state index contributed by atoms with van der Waals surface area (Å²) < 4.78 is 343. The van der Waals surface area contributed by atoms with Gasteiger partial charge in [-0.2, -0.15) is 127 Å². The van der Waals surface area contributed by atoms with Crippen LogP contribution in [0.5, 0.6) is 0 Å². The monoisotopic (exact) mass is 1050 g/mol. The molecule has 1 heterocycles. The average molecular weight is 1050 g/mol. The minimum absolute atomic E-state index is 0.691. The van der Waals surface area contributed by atoms with E-state index >= 15 is 0 Å². The van der Waals surface area contributed by atoms with Crippen LogP contribution in [-0.4, -0.2) is 12.8 Å². The molecule has 0 saturated carbocycles. The molecule has 0 fully saturated rings. The van der Waals surface area contributed by atoms with E-state index < -0.39 is 195 Å². The van der Waals surface area contributed by atoms with Gasteiger partial charge in [-0.3, -0.25) is 4.84 Å². The minimum atomic E-state index is -6.13. The Morgan fingerprint density at radius 2 is 0.592 bits per heavy atom. The number of fused-ring (bicyclic) bond motifs is 1. The molecule has 0 aliphatic rings. The fourth-order valence-electron chi connectivity index (χ4n) is 7.46. The second kappa shape index (κ2) is 19.0. The topological polar surface area (TPSA) is 13.1 Å². The van der Waals surface area contributed by atoms with Crippen LogP contribution >= 0.6 is 0 Å². The quantitative estimate of drug-likeness (QED) is 0.0882. The number of pyridine rings is 1. The van der Waals surface area contributed by atoms with E-state index in [0.29, 0.717) is 0 Å². The van der Waals surface area contributed by atoms with Gasteiger partial charge in [0.25, 0.3) is 0 Å². The van der Waals surface area contributed by atoms with Crippen molar-refractivity contribution in [3.8, 4) is 0 Å². The molecule has 0 amide bonds. The first-order valence-electron chi connectivity index (χ1n) is 19.6. The molecule has 0 aliphatic heterocycles. The van der Waals surface area contributed by atoms with Gasteiger partial charge in [-0.15, -0.1) is 0 Å². The number of aromatic nitrogens is 1. The van der Waals surface area contributed by atoms with E-state index in [2.05, 4.69) is 25.1 Å². The largest absolute Gasteiger partial charge is 0.416 e. The van der Waals surface area contributed by atoms with Gasteiger partial charge in [0.2, 0.25) is 12.4 Å². The summed E-state index contributed by atoms with van der Waals surface area (Å²) in [7, 11) is 0. The van der Waals surface area contributed by atoms with Crippen molar-refractivity contribution in [1.29, 1.82) is 0 Å². The fourth-order valence-corrected chi connectivity index (χ4v) is 7.46. The van der Waals surface area contributed by atoms with Crippen molar-refractivity contribution in [2.45, 2.75) is 62.8 Å². The second-order valence-corrected chi connectivity index (χ2v) is 15.5. The lowest BCUT2D eigenvalue weighted by molar-refractivity contribution is -0.890. The summed E-state index contributed by atoms with van der Waals surface area (Å²) in [6.07, 6.45) is -49.8. The zero-order chi connectivity index (χ0) is 53.7. The molecular weight excluding hydrogens is 1030 g/mol. The molecule has 1 aromatic heterocycles. The van der Waals surface area contributed by atoms with Crippen LogP contribution in [0.25, 0.3) is 10.8 Å². The maximum atomic E-state index is 14.2. The first-order valence-corrected chi connectivity index (χ1v) is 19.6. The molecule has 0 bridgehead atoms. The van der Waals surface area contributed by atoms with Crippen molar-refractivity contribution >= 4 is 38.8 Å². The number of hydrogen-bond donors (Lipinski definition) is 0. The van der Waals surface area contributed by atoms with Crippen LogP contribution in [0.4, 0.5) is 105 Å². The third-order valence-corrected chi connectivity index (χ3v) is 10.5. The third kappa shape index (κ3) is 12.8. The van der Waals surface area contributed by atoms with E-state index in [-0.39, 0.29) is 0 Å². The van der Waals surface area contributed by atoms with Crippen molar-refractivity contribution < 1.29 is 115 Å². The maximum Gasteiger partial charge on any atom is 0.416 e. The molecule has 0 spiro atoms. The summed E-state index contributed by atoms with van der Waals surface area (Å²) >= 11 is 0. The molecular formula is C44H26BF24NO. The summed E-state index contributed by atoms with van der Waals surface area (Å²) in [5.41, 5.74) is -30.2. The predicted octanol–water partition coefficient (Wildman–Crippen LogP) is 13.2. The summed E-state index contributed by atoms with van der Waals surface area (Å²) in [4.78, 5) is 5.48. The standard InChI is InChI=1S/C32H12BF24.C12H14NO/c34-25(35,36)13-1-14(26(37,38)39)6-21(5-13)33(22-7-15(27(40,41)42)2-16(8-22)28(43,44)45,23-9-17(29(46,47)48)3-18(10-23)30(49,50)51)24-11-19(31(52,53)54)4-20(12-24)32(55,56)57;1-2-9-14-13-8-7-11-5-3-4-6-12(11)10-13/h1-12H;3-8,10H,2,9H2,1H3/q-1;+1. The van der Waals surface area contributed by atoms with Crippen LogP contribution in [-0.2, 0) is 49.4 Å². The molecule has 0 atom stereocenters. The van der Waals surface area contributed by atoms with Crippen LogP contribution in [0.2, 0.25) is 0 Å². The molecule has 0 unspecified atom stereocenters. The second-order valence-electron chi connectivity index (χ2n) is 15.5. The Bertz CT molecular complexity index is 2430. The zero-order valence-electron chi connectivity index (χ0n) is 34.9. The van der Waals surface area contributed by atoms with Gasteiger partial charge in [-0.1, -0.05) is 73.7 Å². The molecule has 6 rings (SSSR count). The van der Waals surface area contributed by atoms with Crippen LogP contribution < -0.4 is 31.4 Å². The predicted molar refractivity (Wildman–Crippen MR) is 206 cm³/mol. The molecule has 27 heteroatoms. The number of alkyl halides is 24. The van der Waals surface area contributed by atoms with Gasteiger partial charge in [-0.05, 0) is 42.1 Å². The summed E-state index contributed by atoms with van der Waals surface area (Å²) in [5, 5.41) is 2.44. The SMILES string of the molecule is CCCO[n+]1ccc2ccccc2c1.FC(F)(F)c1cc([B-](c2cc(C(F)(F)F)cc(C(F)(F)F)c2)(c2cc(C(F)(F)F)cc(C(F)(F)F)c2)c2cc(C(F)(F)F)cc(C(F)(F)F)c2)cc(C(F)(F)F)c1. The molecule has 0 N–H and O–H groups in total.